The molecule has 3 atom stereocenters. The fraction of sp³-hybridized carbons (Fsp3) is 0.654. The van der Waals surface area contributed by atoms with Gasteiger partial charge in [0.05, 0.1) is 25.2 Å². The van der Waals surface area contributed by atoms with Gasteiger partial charge in [-0.3, -0.25) is 14.6 Å². The number of para-hydroxylation sites is 1. The van der Waals surface area contributed by atoms with Gasteiger partial charge in [-0.25, -0.2) is 0 Å². The maximum atomic E-state index is 13.3. The van der Waals surface area contributed by atoms with Crippen LogP contribution in [0, 0.1) is 11.3 Å². The van der Waals surface area contributed by atoms with Gasteiger partial charge >= 0.3 is 5.97 Å². The normalized spacial score (nSPS) is 31.1. The van der Waals surface area contributed by atoms with Gasteiger partial charge in [0.2, 0.25) is 0 Å². The molecule has 174 valence electrons. The van der Waals surface area contributed by atoms with Crippen LogP contribution >= 0.6 is 0 Å². The fourth-order valence-corrected chi connectivity index (χ4v) is 6.28. The zero-order valence-electron chi connectivity index (χ0n) is 19.3. The molecule has 3 aliphatic heterocycles. The predicted molar refractivity (Wildman–Crippen MR) is 124 cm³/mol. The number of benzene rings is 1. The first-order chi connectivity index (χ1) is 15.7. The van der Waals surface area contributed by atoms with Crippen molar-refractivity contribution in [2.24, 2.45) is 11.3 Å². The number of hydrogen-bond donors (Lipinski definition) is 0. The number of fused-ring (bicyclic) bond motifs is 2. The first-order valence-electron chi connectivity index (χ1n) is 12.3. The predicted octanol–water partition coefficient (Wildman–Crippen LogP) is 3.22. The summed E-state index contributed by atoms with van der Waals surface area (Å²) >= 11 is 0. The Morgan fingerprint density at radius 3 is 2.88 bits per heavy atom. The van der Waals surface area contributed by atoms with Crippen molar-refractivity contribution >= 4 is 12.0 Å². The number of piperidine rings is 1. The second-order valence-electron chi connectivity index (χ2n) is 9.78. The standard InChI is InChI=1S/C26H36N2O4/c1-2-31-25(29)26-9-7-23(28-11-13-30-14-12-28)16-22(26)8-10-27(19-26)17-20-15-21-5-3-4-6-24(21)32-18-20/h3-6,15,22-23H,2,7-14,16-19H2,1H3/t22-,23-,26-/m1/s1. The van der Waals surface area contributed by atoms with Gasteiger partial charge in [0.25, 0.3) is 0 Å². The van der Waals surface area contributed by atoms with Gasteiger partial charge in [0, 0.05) is 37.8 Å². The van der Waals surface area contributed by atoms with Crippen LogP contribution in [0.15, 0.2) is 29.8 Å². The molecule has 5 rings (SSSR count). The van der Waals surface area contributed by atoms with Crippen LogP contribution in [-0.4, -0.2) is 81.0 Å². The highest BCUT2D eigenvalue weighted by Gasteiger charge is 2.53. The van der Waals surface area contributed by atoms with E-state index in [1.807, 2.05) is 19.1 Å². The Kier molecular flexibility index (Phi) is 6.54. The van der Waals surface area contributed by atoms with Crippen LogP contribution in [0.1, 0.15) is 38.2 Å². The molecule has 0 N–H and O–H groups in total. The highest BCUT2D eigenvalue weighted by molar-refractivity contribution is 5.78. The molecule has 32 heavy (non-hydrogen) atoms. The Morgan fingerprint density at radius 1 is 1.19 bits per heavy atom. The van der Waals surface area contributed by atoms with E-state index in [4.69, 9.17) is 14.2 Å². The van der Waals surface area contributed by atoms with E-state index in [-0.39, 0.29) is 11.4 Å². The van der Waals surface area contributed by atoms with E-state index in [9.17, 15) is 4.79 Å². The minimum absolute atomic E-state index is 0.0225. The molecule has 1 aromatic rings. The molecule has 3 heterocycles. The fourth-order valence-electron chi connectivity index (χ4n) is 6.28. The van der Waals surface area contributed by atoms with Gasteiger partial charge in [-0.05, 0) is 62.8 Å². The molecule has 0 radical (unpaired) electrons. The van der Waals surface area contributed by atoms with E-state index in [2.05, 4.69) is 28.0 Å². The Morgan fingerprint density at radius 2 is 2.03 bits per heavy atom. The summed E-state index contributed by atoms with van der Waals surface area (Å²) in [5, 5.41) is 0. The highest BCUT2D eigenvalue weighted by atomic mass is 16.5. The van der Waals surface area contributed by atoms with Crippen LogP contribution in [0.4, 0.5) is 0 Å². The molecule has 0 aromatic heterocycles. The third-order valence-electron chi connectivity index (χ3n) is 7.92. The summed E-state index contributed by atoms with van der Waals surface area (Å²) in [5.74, 6) is 1.38. The molecule has 6 heteroatoms. The molecular formula is C26H36N2O4. The van der Waals surface area contributed by atoms with E-state index in [0.29, 0.717) is 25.2 Å². The second-order valence-corrected chi connectivity index (χ2v) is 9.78. The van der Waals surface area contributed by atoms with Crippen molar-refractivity contribution in [3.05, 3.63) is 35.4 Å². The van der Waals surface area contributed by atoms with Crippen molar-refractivity contribution in [2.75, 3.05) is 59.2 Å². The van der Waals surface area contributed by atoms with Crippen molar-refractivity contribution in [1.82, 2.24) is 9.80 Å². The zero-order chi connectivity index (χ0) is 22.0. The maximum absolute atomic E-state index is 13.3. The minimum Gasteiger partial charge on any atom is -0.489 e. The van der Waals surface area contributed by atoms with Gasteiger partial charge in [0.1, 0.15) is 12.4 Å². The summed E-state index contributed by atoms with van der Waals surface area (Å²) in [6.07, 6.45) is 6.42. The zero-order valence-corrected chi connectivity index (χ0v) is 19.3. The topological polar surface area (TPSA) is 51.2 Å². The number of likely N-dealkylation sites (tertiary alicyclic amines) is 1. The first kappa shape index (κ1) is 21.9. The summed E-state index contributed by atoms with van der Waals surface area (Å²) in [5.41, 5.74) is 2.06. The van der Waals surface area contributed by atoms with E-state index in [0.717, 1.165) is 82.9 Å². The Hall–Kier alpha value is -1.89. The molecule has 0 amide bonds. The molecule has 1 saturated carbocycles. The van der Waals surface area contributed by atoms with Crippen molar-refractivity contribution in [3.8, 4) is 5.75 Å². The first-order valence-corrected chi connectivity index (χ1v) is 12.3. The SMILES string of the molecule is CCOC(=O)[C@@]12CC[C@@H](N3CCOCC3)C[C@H]1CCN(CC1=Cc3ccccc3OC1)C2. The van der Waals surface area contributed by atoms with Crippen molar-refractivity contribution < 1.29 is 19.0 Å². The lowest BCUT2D eigenvalue weighted by atomic mass is 9.61. The quantitative estimate of drug-likeness (QED) is 0.656. The lowest BCUT2D eigenvalue weighted by molar-refractivity contribution is -0.169. The molecule has 0 unspecified atom stereocenters. The van der Waals surface area contributed by atoms with Crippen LogP contribution in [0.2, 0.25) is 0 Å². The maximum Gasteiger partial charge on any atom is 0.313 e. The smallest absolute Gasteiger partial charge is 0.313 e. The van der Waals surface area contributed by atoms with Crippen molar-refractivity contribution in [2.45, 2.75) is 38.6 Å². The summed E-state index contributed by atoms with van der Waals surface area (Å²) < 4.78 is 17.2. The second kappa shape index (κ2) is 9.54. The van der Waals surface area contributed by atoms with Gasteiger partial charge in [-0.1, -0.05) is 18.2 Å². The largest absolute Gasteiger partial charge is 0.489 e. The Balaban J connectivity index is 1.30. The monoisotopic (exact) mass is 440 g/mol. The van der Waals surface area contributed by atoms with Crippen molar-refractivity contribution in [1.29, 1.82) is 0 Å². The molecule has 3 fully saturated rings. The molecule has 1 aliphatic carbocycles. The van der Waals surface area contributed by atoms with Gasteiger partial charge < -0.3 is 14.2 Å². The molecule has 1 aromatic carbocycles. The summed E-state index contributed by atoms with van der Waals surface area (Å²) in [6, 6.07) is 8.77. The molecule has 0 bridgehead atoms. The minimum atomic E-state index is -0.370. The number of carbonyl (C=O) groups is 1. The van der Waals surface area contributed by atoms with Gasteiger partial charge in [-0.2, -0.15) is 0 Å². The number of rotatable bonds is 5. The number of nitrogens with zero attached hydrogens (tertiary/aromatic N) is 2. The van der Waals surface area contributed by atoms with Crippen LogP contribution < -0.4 is 4.74 Å². The number of hydrogen-bond acceptors (Lipinski definition) is 6. The van der Waals surface area contributed by atoms with E-state index in [1.165, 1.54) is 5.57 Å². The highest BCUT2D eigenvalue weighted by Crippen LogP contribution is 2.48. The third kappa shape index (κ3) is 4.33. The molecule has 6 nitrogen and oxygen atoms in total. The van der Waals surface area contributed by atoms with E-state index >= 15 is 0 Å². The Labute approximate surface area is 191 Å². The average Bonchev–Trinajstić information content (AvgIpc) is 2.84. The average molecular weight is 441 g/mol. The third-order valence-corrected chi connectivity index (χ3v) is 7.92. The Bertz CT molecular complexity index is 850. The van der Waals surface area contributed by atoms with Crippen molar-refractivity contribution in [3.63, 3.8) is 0 Å². The van der Waals surface area contributed by atoms with Crippen LogP contribution in [0.25, 0.3) is 6.08 Å². The number of ether oxygens (including phenoxy) is 3. The number of morpholine rings is 1. The summed E-state index contributed by atoms with van der Waals surface area (Å²) in [7, 11) is 0. The summed E-state index contributed by atoms with van der Waals surface area (Å²) in [6.45, 7) is 9.39. The molecular weight excluding hydrogens is 404 g/mol. The lowest BCUT2D eigenvalue weighted by Gasteiger charge is -2.52. The molecule has 0 spiro atoms. The van der Waals surface area contributed by atoms with Crippen LogP contribution in [0.3, 0.4) is 0 Å². The van der Waals surface area contributed by atoms with Crippen LogP contribution in [-0.2, 0) is 14.3 Å². The molecule has 2 saturated heterocycles. The van der Waals surface area contributed by atoms with Gasteiger partial charge in [-0.15, -0.1) is 0 Å². The number of esters is 1. The lowest BCUT2D eigenvalue weighted by Crippen LogP contribution is -2.59. The number of carbonyl (C=O) groups excluding carboxylic acids is 1. The van der Waals surface area contributed by atoms with E-state index in [1.54, 1.807) is 0 Å². The summed E-state index contributed by atoms with van der Waals surface area (Å²) in [4.78, 5) is 18.4. The van der Waals surface area contributed by atoms with Crippen LogP contribution in [0.5, 0.6) is 5.75 Å². The molecule has 4 aliphatic rings. The van der Waals surface area contributed by atoms with E-state index < -0.39 is 0 Å². The van der Waals surface area contributed by atoms with Gasteiger partial charge in [0.15, 0.2) is 0 Å².